The van der Waals surface area contributed by atoms with Gasteiger partial charge in [-0.2, -0.15) is 5.10 Å². The van der Waals surface area contributed by atoms with E-state index < -0.39 is 0 Å². The summed E-state index contributed by atoms with van der Waals surface area (Å²) in [7, 11) is 0. The van der Waals surface area contributed by atoms with Gasteiger partial charge in [0, 0.05) is 19.1 Å². The molecule has 0 amide bonds. The van der Waals surface area contributed by atoms with Crippen LogP contribution in [0.25, 0.3) is 0 Å². The second-order valence-corrected chi connectivity index (χ2v) is 5.19. The molecule has 108 valence electrons. The number of halogens is 2. The zero-order valence-electron chi connectivity index (χ0n) is 12.0. The second kappa shape index (κ2) is 6.37. The number of nitrogens with zero attached hydrogens (tertiary/aromatic N) is 2. The summed E-state index contributed by atoms with van der Waals surface area (Å²) in [5.74, 6) is -0.219. The summed E-state index contributed by atoms with van der Waals surface area (Å²) in [6, 6.07) is 6.64. The molecule has 1 aromatic heterocycles. The van der Waals surface area contributed by atoms with Gasteiger partial charge in [-0.3, -0.25) is 4.68 Å². The topological polar surface area (TPSA) is 29.9 Å². The highest BCUT2D eigenvalue weighted by atomic mass is 35.5. The molecule has 0 fully saturated rings. The van der Waals surface area contributed by atoms with Crippen molar-refractivity contribution in [1.82, 2.24) is 15.1 Å². The molecule has 20 heavy (non-hydrogen) atoms. The maximum atomic E-state index is 12.9. The third-order valence-corrected chi connectivity index (χ3v) is 3.89. The van der Waals surface area contributed by atoms with Crippen molar-refractivity contribution < 1.29 is 4.39 Å². The molecular formula is C15H19ClFN3. The van der Waals surface area contributed by atoms with Crippen molar-refractivity contribution in [3.05, 3.63) is 52.1 Å². The molecule has 5 heteroatoms. The molecule has 0 spiro atoms. The van der Waals surface area contributed by atoms with Gasteiger partial charge in [-0.15, -0.1) is 0 Å². The van der Waals surface area contributed by atoms with Crippen molar-refractivity contribution in [1.29, 1.82) is 0 Å². The van der Waals surface area contributed by atoms with Crippen molar-refractivity contribution in [3.8, 4) is 0 Å². The summed E-state index contributed by atoms with van der Waals surface area (Å²) in [5, 5.41) is 8.50. The molecule has 1 aromatic carbocycles. The molecule has 0 aliphatic carbocycles. The summed E-state index contributed by atoms with van der Waals surface area (Å²) in [6.45, 7) is 7.40. The number of hydrogen-bond donors (Lipinski definition) is 1. The summed E-state index contributed by atoms with van der Waals surface area (Å²) in [4.78, 5) is 0. The van der Waals surface area contributed by atoms with Crippen molar-refractivity contribution in [2.75, 3.05) is 0 Å². The summed E-state index contributed by atoms with van der Waals surface area (Å²) in [5.41, 5.74) is 2.88. The number of aromatic nitrogens is 2. The lowest BCUT2D eigenvalue weighted by Crippen LogP contribution is -2.20. The van der Waals surface area contributed by atoms with Crippen LogP contribution in [0.2, 0.25) is 5.02 Å². The smallest absolute Gasteiger partial charge is 0.123 e. The summed E-state index contributed by atoms with van der Waals surface area (Å²) >= 11 is 6.27. The van der Waals surface area contributed by atoms with E-state index in [4.69, 9.17) is 11.6 Å². The Bertz CT molecular complexity index is 578. The van der Waals surface area contributed by atoms with Crippen molar-refractivity contribution in [3.63, 3.8) is 0 Å². The van der Waals surface area contributed by atoms with Gasteiger partial charge in [0.25, 0.3) is 0 Å². The molecule has 0 saturated carbocycles. The maximum Gasteiger partial charge on any atom is 0.123 e. The third-order valence-electron chi connectivity index (χ3n) is 3.40. The fourth-order valence-corrected chi connectivity index (χ4v) is 2.36. The minimum absolute atomic E-state index is 0.118. The van der Waals surface area contributed by atoms with Crippen molar-refractivity contribution >= 4 is 11.6 Å². The summed E-state index contributed by atoms with van der Waals surface area (Å²) < 4.78 is 14.8. The lowest BCUT2D eigenvalue weighted by Gasteiger charge is -2.15. The first-order valence-corrected chi connectivity index (χ1v) is 7.11. The molecule has 0 saturated heterocycles. The molecule has 3 nitrogen and oxygen atoms in total. The van der Waals surface area contributed by atoms with Gasteiger partial charge in [0.15, 0.2) is 0 Å². The number of hydrogen-bond acceptors (Lipinski definition) is 2. The minimum atomic E-state index is -0.219. The van der Waals surface area contributed by atoms with E-state index in [1.807, 2.05) is 25.5 Å². The highest BCUT2D eigenvalue weighted by Gasteiger charge is 2.13. The van der Waals surface area contributed by atoms with Gasteiger partial charge in [-0.25, -0.2) is 4.39 Å². The SMILES string of the molecule is CCn1nc(C)c(Cl)c1CN[C@@H](C)c1ccc(F)cc1. The molecule has 0 radical (unpaired) electrons. The Morgan fingerprint density at radius 3 is 2.60 bits per heavy atom. The van der Waals surface area contributed by atoms with Crippen LogP contribution >= 0.6 is 11.6 Å². The first-order valence-electron chi connectivity index (χ1n) is 6.73. The van der Waals surface area contributed by atoms with E-state index in [2.05, 4.69) is 10.4 Å². The number of aryl methyl sites for hydroxylation is 2. The first-order chi connectivity index (χ1) is 9.52. The van der Waals surface area contributed by atoms with Gasteiger partial charge in [0.05, 0.1) is 16.4 Å². The Morgan fingerprint density at radius 1 is 1.35 bits per heavy atom. The molecule has 0 aliphatic rings. The van der Waals surface area contributed by atoms with E-state index in [0.29, 0.717) is 11.6 Å². The average Bonchev–Trinajstić information content (AvgIpc) is 2.72. The van der Waals surface area contributed by atoms with Crippen LogP contribution in [0.3, 0.4) is 0 Å². The highest BCUT2D eigenvalue weighted by molar-refractivity contribution is 6.31. The Morgan fingerprint density at radius 2 is 2.00 bits per heavy atom. The van der Waals surface area contributed by atoms with Gasteiger partial charge in [-0.05, 0) is 38.5 Å². The van der Waals surface area contributed by atoms with Crippen molar-refractivity contribution in [2.24, 2.45) is 0 Å². The van der Waals surface area contributed by atoms with Gasteiger partial charge in [0.1, 0.15) is 5.82 Å². The second-order valence-electron chi connectivity index (χ2n) is 4.82. The van der Waals surface area contributed by atoms with Crippen LogP contribution in [-0.2, 0) is 13.1 Å². The average molecular weight is 296 g/mol. The molecule has 2 rings (SSSR count). The standard InChI is InChI=1S/C15H19ClFN3/c1-4-20-14(15(16)11(3)19-20)9-18-10(2)12-5-7-13(17)8-6-12/h5-8,10,18H,4,9H2,1-3H3/t10-/m0/s1. The lowest BCUT2D eigenvalue weighted by molar-refractivity contribution is 0.530. The van der Waals surface area contributed by atoms with Crippen LogP contribution in [0, 0.1) is 12.7 Å². The molecule has 1 atom stereocenters. The third kappa shape index (κ3) is 3.19. The molecular weight excluding hydrogens is 277 g/mol. The molecule has 1 heterocycles. The quantitative estimate of drug-likeness (QED) is 0.908. The van der Waals surface area contributed by atoms with E-state index in [1.165, 1.54) is 12.1 Å². The zero-order chi connectivity index (χ0) is 14.7. The fourth-order valence-electron chi connectivity index (χ4n) is 2.16. The van der Waals surface area contributed by atoms with E-state index in [9.17, 15) is 4.39 Å². The largest absolute Gasteiger partial charge is 0.305 e. The minimum Gasteiger partial charge on any atom is -0.305 e. The number of nitrogens with one attached hydrogen (secondary N) is 1. The van der Waals surface area contributed by atoms with E-state index in [1.54, 1.807) is 12.1 Å². The van der Waals surface area contributed by atoms with Crippen molar-refractivity contribution in [2.45, 2.75) is 39.9 Å². The predicted octanol–water partition coefficient (Wildman–Crippen LogP) is 3.85. The highest BCUT2D eigenvalue weighted by Crippen LogP contribution is 2.21. The Balaban J connectivity index is 2.07. The Labute approximate surface area is 123 Å². The van der Waals surface area contributed by atoms with Crippen LogP contribution in [0.1, 0.15) is 36.8 Å². The maximum absolute atomic E-state index is 12.9. The molecule has 0 bridgehead atoms. The number of rotatable bonds is 5. The monoisotopic (exact) mass is 295 g/mol. The van der Waals surface area contributed by atoms with Gasteiger partial charge >= 0.3 is 0 Å². The van der Waals surface area contributed by atoms with E-state index in [-0.39, 0.29) is 11.9 Å². The van der Waals surface area contributed by atoms with E-state index in [0.717, 1.165) is 23.5 Å². The Hall–Kier alpha value is -1.39. The van der Waals surface area contributed by atoms with Crippen LogP contribution in [-0.4, -0.2) is 9.78 Å². The first kappa shape index (κ1) is 15.0. The van der Waals surface area contributed by atoms with Gasteiger partial charge in [-0.1, -0.05) is 23.7 Å². The zero-order valence-corrected chi connectivity index (χ0v) is 12.7. The fraction of sp³-hybridized carbons (Fsp3) is 0.400. The van der Waals surface area contributed by atoms with Gasteiger partial charge < -0.3 is 5.32 Å². The van der Waals surface area contributed by atoms with Crippen LogP contribution in [0.5, 0.6) is 0 Å². The predicted molar refractivity (Wildman–Crippen MR) is 79.3 cm³/mol. The van der Waals surface area contributed by atoms with E-state index >= 15 is 0 Å². The lowest BCUT2D eigenvalue weighted by atomic mass is 10.1. The van der Waals surface area contributed by atoms with Crippen LogP contribution in [0.15, 0.2) is 24.3 Å². The van der Waals surface area contributed by atoms with Gasteiger partial charge in [0.2, 0.25) is 0 Å². The van der Waals surface area contributed by atoms with Crippen LogP contribution in [0.4, 0.5) is 4.39 Å². The molecule has 0 aliphatic heterocycles. The summed E-state index contributed by atoms with van der Waals surface area (Å²) in [6.07, 6.45) is 0. The molecule has 1 N–H and O–H groups in total. The van der Waals surface area contributed by atoms with Crippen LogP contribution < -0.4 is 5.32 Å². The molecule has 2 aromatic rings. The molecule has 0 unspecified atom stereocenters. The Kier molecular flexibility index (Phi) is 4.78. The number of benzene rings is 1. The normalized spacial score (nSPS) is 12.7.